The summed E-state index contributed by atoms with van der Waals surface area (Å²) < 4.78 is 37.8. The predicted molar refractivity (Wildman–Crippen MR) is 114 cm³/mol. The molecule has 164 valence electrons. The van der Waals surface area contributed by atoms with Crippen molar-refractivity contribution in [2.45, 2.75) is 29.7 Å². The molecule has 3 aromatic rings. The Morgan fingerprint density at radius 1 is 1.26 bits per heavy atom. The summed E-state index contributed by atoms with van der Waals surface area (Å²) >= 11 is 1.43. The first-order valence-electron chi connectivity index (χ1n) is 9.17. The summed E-state index contributed by atoms with van der Waals surface area (Å²) in [5.41, 5.74) is 0.504. The molecule has 0 radical (unpaired) electrons. The molecule has 0 saturated carbocycles. The maximum atomic E-state index is 13.4. The molecule has 31 heavy (non-hydrogen) atoms. The van der Waals surface area contributed by atoms with Crippen LogP contribution < -0.4 is 0 Å². The number of sulfonamides is 1. The van der Waals surface area contributed by atoms with Gasteiger partial charge in [0.15, 0.2) is 6.23 Å². The fourth-order valence-corrected chi connectivity index (χ4v) is 6.61. The van der Waals surface area contributed by atoms with E-state index in [1.165, 1.54) is 48.2 Å². The lowest BCUT2D eigenvalue weighted by molar-refractivity contribution is -0.384. The van der Waals surface area contributed by atoms with E-state index in [9.17, 15) is 23.3 Å². The Bertz CT molecular complexity index is 1320. The molecule has 1 saturated heterocycles. The van der Waals surface area contributed by atoms with Gasteiger partial charge < -0.3 is 14.3 Å². The lowest BCUT2D eigenvalue weighted by atomic mass is 10.1. The third-order valence-electron chi connectivity index (χ3n) is 5.10. The van der Waals surface area contributed by atoms with Gasteiger partial charge in [-0.1, -0.05) is 0 Å². The summed E-state index contributed by atoms with van der Waals surface area (Å²) in [5, 5.41) is 21.1. The van der Waals surface area contributed by atoms with Crippen LogP contribution in [0.15, 0.2) is 45.7 Å². The SMILES string of the molecule is CC1(C)SCCN(S(=O)(=O)c2ccc3oc4cc([N+](=O)[O-])ccc4c3c2)[C@H]1OC(=O)O. The van der Waals surface area contributed by atoms with E-state index < -0.39 is 32.1 Å². The average Bonchev–Trinajstić information content (AvgIpc) is 3.05. The number of carbonyl (C=O) groups is 1. The van der Waals surface area contributed by atoms with Crippen LogP contribution in [0.1, 0.15) is 13.8 Å². The van der Waals surface area contributed by atoms with E-state index >= 15 is 0 Å². The zero-order chi connectivity index (χ0) is 22.6. The van der Waals surface area contributed by atoms with Crippen LogP contribution in [0.5, 0.6) is 0 Å². The highest BCUT2D eigenvalue weighted by Crippen LogP contribution is 2.40. The maximum Gasteiger partial charge on any atom is 0.507 e. The van der Waals surface area contributed by atoms with Crippen molar-refractivity contribution in [1.29, 1.82) is 0 Å². The Labute approximate surface area is 181 Å². The number of furan rings is 1. The number of non-ortho nitro benzene ring substituents is 1. The van der Waals surface area contributed by atoms with Gasteiger partial charge in [-0.3, -0.25) is 10.1 Å². The molecule has 1 aromatic heterocycles. The quantitative estimate of drug-likeness (QED) is 0.343. The summed E-state index contributed by atoms with van der Waals surface area (Å²) in [6.07, 6.45) is -2.76. The highest BCUT2D eigenvalue weighted by Gasteiger charge is 2.47. The van der Waals surface area contributed by atoms with E-state index in [4.69, 9.17) is 14.3 Å². The zero-order valence-corrected chi connectivity index (χ0v) is 18.1. The van der Waals surface area contributed by atoms with Crippen LogP contribution in [-0.4, -0.2) is 52.2 Å². The van der Waals surface area contributed by atoms with Crippen molar-refractivity contribution in [1.82, 2.24) is 4.31 Å². The molecule has 12 heteroatoms. The molecule has 2 heterocycles. The Balaban J connectivity index is 1.81. The monoisotopic (exact) mass is 466 g/mol. The van der Waals surface area contributed by atoms with Crippen molar-refractivity contribution >= 4 is 55.6 Å². The van der Waals surface area contributed by atoms with E-state index in [0.717, 1.165) is 4.31 Å². The number of carboxylic acid groups (broad SMARTS) is 1. The van der Waals surface area contributed by atoms with Gasteiger partial charge in [0.25, 0.3) is 5.69 Å². The van der Waals surface area contributed by atoms with E-state index in [1.54, 1.807) is 13.8 Å². The Morgan fingerprint density at radius 2 is 2.00 bits per heavy atom. The van der Waals surface area contributed by atoms with E-state index in [1.807, 2.05) is 0 Å². The summed E-state index contributed by atoms with van der Waals surface area (Å²) in [7, 11) is -4.11. The molecule has 0 spiro atoms. The van der Waals surface area contributed by atoms with E-state index in [0.29, 0.717) is 22.1 Å². The van der Waals surface area contributed by atoms with E-state index in [-0.39, 0.29) is 22.7 Å². The van der Waals surface area contributed by atoms with Crippen LogP contribution in [0, 0.1) is 10.1 Å². The third kappa shape index (κ3) is 3.70. The topological polar surface area (TPSA) is 140 Å². The maximum absolute atomic E-state index is 13.4. The Morgan fingerprint density at radius 3 is 2.68 bits per heavy atom. The second-order valence-corrected chi connectivity index (χ2v) is 11.1. The molecule has 0 aliphatic carbocycles. The van der Waals surface area contributed by atoms with Crippen molar-refractivity contribution in [2.24, 2.45) is 0 Å². The standard InChI is InChI=1S/C19H18N2O8S2/c1-19(2)17(29-18(22)23)20(7-8-30-19)31(26,27)12-4-6-15-14(10-12)13-5-3-11(21(24)25)9-16(13)28-15/h3-6,9-10,17H,7-8H2,1-2H3,(H,22,23)/t17-/m0/s1. The largest absolute Gasteiger partial charge is 0.507 e. The molecule has 1 fully saturated rings. The molecule has 1 atom stereocenters. The molecule has 1 aliphatic rings. The predicted octanol–water partition coefficient (Wildman–Crippen LogP) is 4.03. The number of hydrogen-bond acceptors (Lipinski definition) is 8. The molecule has 2 aromatic carbocycles. The highest BCUT2D eigenvalue weighted by molar-refractivity contribution is 8.00. The second kappa shape index (κ2) is 7.39. The average molecular weight is 466 g/mol. The van der Waals surface area contributed by atoms with Crippen LogP contribution in [0.2, 0.25) is 0 Å². The third-order valence-corrected chi connectivity index (χ3v) is 8.27. The Kier molecular flexibility index (Phi) is 5.10. The first kappa shape index (κ1) is 21.4. The van der Waals surface area contributed by atoms with Gasteiger partial charge in [-0.05, 0) is 38.1 Å². The summed E-state index contributed by atoms with van der Waals surface area (Å²) in [6, 6.07) is 8.37. The van der Waals surface area contributed by atoms with Crippen LogP contribution in [-0.2, 0) is 14.8 Å². The Hall–Kier alpha value is -2.83. The van der Waals surface area contributed by atoms with Crippen LogP contribution in [0.25, 0.3) is 21.9 Å². The van der Waals surface area contributed by atoms with Gasteiger partial charge in [-0.25, -0.2) is 13.2 Å². The van der Waals surface area contributed by atoms with Gasteiger partial charge in [0.05, 0.1) is 20.6 Å². The number of thioether (sulfide) groups is 1. The number of ether oxygens (including phenoxy) is 1. The molecule has 0 amide bonds. The molecule has 0 unspecified atom stereocenters. The number of nitrogens with zero attached hydrogens (tertiary/aromatic N) is 2. The van der Waals surface area contributed by atoms with Gasteiger partial charge in [-0.15, -0.1) is 11.8 Å². The highest BCUT2D eigenvalue weighted by atomic mass is 32.2. The number of nitro groups is 1. The van der Waals surface area contributed by atoms with E-state index in [2.05, 4.69) is 0 Å². The molecule has 1 N–H and O–H groups in total. The minimum Gasteiger partial charge on any atom is -0.456 e. The normalized spacial score (nSPS) is 19.5. The molecule has 1 aliphatic heterocycles. The second-order valence-electron chi connectivity index (χ2n) is 7.50. The van der Waals surface area contributed by atoms with Crippen LogP contribution in [0.3, 0.4) is 0 Å². The van der Waals surface area contributed by atoms with Gasteiger partial charge >= 0.3 is 6.16 Å². The number of rotatable bonds is 4. The number of nitro benzene ring substituents is 1. The van der Waals surface area contributed by atoms with Gasteiger partial charge in [-0.2, -0.15) is 4.31 Å². The summed E-state index contributed by atoms with van der Waals surface area (Å²) in [5.74, 6) is 0.478. The first-order chi connectivity index (χ1) is 14.5. The lowest BCUT2D eigenvalue weighted by Gasteiger charge is -2.43. The fraction of sp³-hybridized carbons (Fsp3) is 0.316. The lowest BCUT2D eigenvalue weighted by Crippen LogP contribution is -2.56. The van der Waals surface area contributed by atoms with Crippen LogP contribution >= 0.6 is 11.8 Å². The number of fused-ring (bicyclic) bond motifs is 3. The fourth-order valence-electron chi connectivity index (χ4n) is 3.63. The van der Waals surface area contributed by atoms with Crippen molar-refractivity contribution in [2.75, 3.05) is 12.3 Å². The summed E-state index contributed by atoms with van der Waals surface area (Å²) in [4.78, 5) is 21.6. The molecule has 10 nitrogen and oxygen atoms in total. The molecular weight excluding hydrogens is 448 g/mol. The number of benzene rings is 2. The molecule has 4 rings (SSSR count). The van der Waals surface area contributed by atoms with Crippen molar-refractivity contribution in [3.63, 3.8) is 0 Å². The number of hydrogen-bond donors (Lipinski definition) is 1. The van der Waals surface area contributed by atoms with Crippen molar-refractivity contribution in [3.8, 4) is 0 Å². The summed E-state index contributed by atoms with van der Waals surface area (Å²) in [6.45, 7) is 3.55. The van der Waals surface area contributed by atoms with Crippen molar-refractivity contribution in [3.05, 3.63) is 46.5 Å². The first-order valence-corrected chi connectivity index (χ1v) is 11.6. The minimum atomic E-state index is -4.11. The smallest absolute Gasteiger partial charge is 0.456 e. The minimum absolute atomic E-state index is 0.0530. The molecular formula is C19H18N2O8S2. The zero-order valence-electron chi connectivity index (χ0n) is 16.5. The van der Waals surface area contributed by atoms with Crippen LogP contribution in [0.4, 0.5) is 10.5 Å². The van der Waals surface area contributed by atoms with Gasteiger partial charge in [0, 0.05) is 29.1 Å². The van der Waals surface area contributed by atoms with Gasteiger partial charge in [0.1, 0.15) is 11.2 Å². The van der Waals surface area contributed by atoms with Gasteiger partial charge in [0.2, 0.25) is 10.0 Å². The molecule has 0 bridgehead atoms. The van der Waals surface area contributed by atoms with Crippen molar-refractivity contribution < 1.29 is 32.4 Å².